The summed E-state index contributed by atoms with van der Waals surface area (Å²) in [6.07, 6.45) is 3.63. The van der Waals surface area contributed by atoms with Crippen LogP contribution in [-0.2, 0) is 7.05 Å². The summed E-state index contributed by atoms with van der Waals surface area (Å²) in [5, 5.41) is 9.80. The average molecular weight is 364 g/mol. The molecule has 138 valence electrons. The molecule has 1 saturated heterocycles. The quantitative estimate of drug-likeness (QED) is 0.722. The van der Waals surface area contributed by atoms with E-state index in [2.05, 4.69) is 20.5 Å². The number of H-pyrrole nitrogens is 1. The molecule has 3 aromatic rings. The number of hydrogen-bond acceptors (Lipinski definition) is 5. The topological polar surface area (TPSA) is 95.9 Å². The highest BCUT2D eigenvalue weighted by molar-refractivity contribution is 5.95. The average Bonchev–Trinajstić information content (AvgIpc) is 3.14. The largest absolute Gasteiger partial charge is 0.336 e. The Bertz CT molecular complexity index is 1000. The van der Waals surface area contributed by atoms with Crippen molar-refractivity contribution in [2.75, 3.05) is 19.6 Å². The molecule has 2 N–H and O–H groups in total. The molecule has 0 aliphatic carbocycles. The number of carbonyl (C=O) groups is 1. The van der Waals surface area contributed by atoms with Crippen LogP contribution in [0.1, 0.15) is 22.2 Å². The fraction of sp³-hybridized carbons (Fsp3) is 0.263. The minimum absolute atomic E-state index is 0.0456. The molecule has 1 unspecified atom stereocenters. The molecule has 3 heterocycles. The molecule has 2 aromatic heterocycles. The van der Waals surface area contributed by atoms with E-state index < -0.39 is 0 Å². The van der Waals surface area contributed by atoms with Crippen LogP contribution in [0.25, 0.3) is 11.3 Å². The summed E-state index contributed by atoms with van der Waals surface area (Å²) < 4.78 is 1.94. The second kappa shape index (κ2) is 7.16. The molecule has 0 bridgehead atoms. The molecule has 0 saturated carbocycles. The van der Waals surface area contributed by atoms with Crippen molar-refractivity contribution in [3.63, 3.8) is 0 Å². The van der Waals surface area contributed by atoms with E-state index in [4.69, 9.17) is 0 Å². The van der Waals surface area contributed by atoms with Crippen LogP contribution in [0, 0.1) is 0 Å². The van der Waals surface area contributed by atoms with Crippen molar-refractivity contribution >= 4 is 5.91 Å². The first-order valence-corrected chi connectivity index (χ1v) is 8.78. The Kier molecular flexibility index (Phi) is 4.55. The van der Waals surface area contributed by atoms with E-state index in [1.165, 1.54) is 6.07 Å². The minimum Gasteiger partial charge on any atom is -0.336 e. The number of benzene rings is 1. The Hall–Kier alpha value is -3.26. The van der Waals surface area contributed by atoms with E-state index in [1.54, 1.807) is 24.4 Å². The molecule has 8 nitrogen and oxygen atoms in total. The zero-order valence-corrected chi connectivity index (χ0v) is 14.9. The van der Waals surface area contributed by atoms with Crippen LogP contribution < -0.4 is 10.9 Å². The number of nitrogens with one attached hydrogen (secondary N) is 2. The molecule has 1 aliphatic rings. The molecule has 4 rings (SSSR count). The van der Waals surface area contributed by atoms with Gasteiger partial charge in [0.1, 0.15) is 11.9 Å². The summed E-state index contributed by atoms with van der Waals surface area (Å²) in [5.41, 5.74) is 1.72. The van der Waals surface area contributed by atoms with Crippen LogP contribution in [0.5, 0.6) is 0 Å². The van der Waals surface area contributed by atoms with Gasteiger partial charge in [-0.1, -0.05) is 12.1 Å². The monoisotopic (exact) mass is 364 g/mol. The summed E-state index contributed by atoms with van der Waals surface area (Å²) >= 11 is 0. The maximum Gasteiger partial charge on any atom is 0.264 e. The Morgan fingerprint density at radius 3 is 2.89 bits per heavy atom. The van der Waals surface area contributed by atoms with E-state index in [0.717, 1.165) is 17.9 Å². The van der Waals surface area contributed by atoms with E-state index in [1.807, 2.05) is 34.8 Å². The summed E-state index contributed by atoms with van der Waals surface area (Å²) in [5.74, 6) is 0.810. The lowest BCUT2D eigenvalue weighted by Gasteiger charge is -2.35. The Morgan fingerprint density at radius 2 is 2.15 bits per heavy atom. The van der Waals surface area contributed by atoms with Crippen LogP contribution >= 0.6 is 0 Å². The van der Waals surface area contributed by atoms with E-state index in [0.29, 0.717) is 24.3 Å². The van der Waals surface area contributed by atoms with Crippen LogP contribution in [0.2, 0.25) is 0 Å². The lowest BCUT2D eigenvalue weighted by atomic mass is 10.0. The van der Waals surface area contributed by atoms with Gasteiger partial charge in [-0.2, -0.15) is 5.10 Å². The van der Waals surface area contributed by atoms with E-state index >= 15 is 0 Å². The molecule has 8 heteroatoms. The van der Waals surface area contributed by atoms with Gasteiger partial charge in [-0.05, 0) is 18.2 Å². The zero-order chi connectivity index (χ0) is 18.8. The van der Waals surface area contributed by atoms with Crippen molar-refractivity contribution in [3.8, 4) is 11.3 Å². The van der Waals surface area contributed by atoms with Crippen molar-refractivity contribution in [2.24, 2.45) is 7.05 Å². The van der Waals surface area contributed by atoms with Gasteiger partial charge in [-0.25, -0.2) is 10.1 Å². The highest BCUT2D eigenvalue weighted by Crippen LogP contribution is 2.24. The van der Waals surface area contributed by atoms with Crippen LogP contribution in [0.15, 0.2) is 53.6 Å². The summed E-state index contributed by atoms with van der Waals surface area (Å²) in [6.45, 7) is 2.02. The zero-order valence-electron chi connectivity index (χ0n) is 14.9. The SMILES string of the molecule is Cn1ccnc1C1CNCCN1C(=O)c1cccc(-c2ccc(=O)[nH]n2)c1. The Morgan fingerprint density at radius 1 is 1.26 bits per heavy atom. The van der Waals surface area contributed by atoms with Crippen molar-refractivity contribution in [1.29, 1.82) is 0 Å². The van der Waals surface area contributed by atoms with Crippen molar-refractivity contribution < 1.29 is 4.79 Å². The highest BCUT2D eigenvalue weighted by atomic mass is 16.2. The summed E-state index contributed by atoms with van der Waals surface area (Å²) in [7, 11) is 1.93. The first-order chi connectivity index (χ1) is 13.1. The van der Waals surface area contributed by atoms with Crippen LogP contribution in [0.3, 0.4) is 0 Å². The number of imidazole rings is 1. The number of nitrogens with zero attached hydrogens (tertiary/aromatic N) is 4. The Balaban J connectivity index is 1.65. The number of piperazine rings is 1. The van der Waals surface area contributed by atoms with Gasteiger partial charge in [-0.15, -0.1) is 0 Å². The normalized spacial score (nSPS) is 17.1. The van der Waals surface area contributed by atoms with Crippen LogP contribution in [0.4, 0.5) is 0 Å². The number of aromatic amines is 1. The summed E-state index contributed by atoms with van der Waals surface area (Å²) in [4.78, 5) is 30.7. The number of aryl methyl sites for hydroxylation is 1. The number of carbonyl (C=O) groups excluding carboxylic acids is 1. The molecular formula is C19H20N6O2. The van der Waals surface area contributed by atoms with Gasteiger partial charge in [0.2, 0.25) is 0 Å². The number of hydrogen-bond donors (Lipinski definition) is 2. The second-order valence-electron chi connectivity index (χ2n) is 6.50. The highest BCUT2D eigenvalue weighted by Gasteiger charge is 2.31. The second-order valence-corrected chi connectivity index (χ2v) is 6.50. The van der Waals surface area contributed by atoms with Gasteiger partial charge in [0, 0.05) is 56.3 Å². The molecule has 27 heavy (non-hydrogen) atoms. The lowest BCUT2D eigenvalue weighted by Crippen LogP contribution is -2.49. The molecule has 1 aromatic carbocycles. The predicted molar refractivity (Wildman–Crippen MR) is 100 cm³/mol. The fourth-order valence-corrected chi connectivity index (χ4v) is 3.36. The third-order valence-electron chi connectivity index (χ3n) is 4.75. The first kappa shape index (κ1) is 17.2. The third-order valence-corrected chi connectivity index (χ3v) is 4.75. The smallest absolute Gasteiger partial charge is 0.264 e. The van der Waals surface area contributed by atoms with E-state index in [-0.39, 0.29) is 17.5 Å². The minimum atomic E-state index is -0.260. The van der Waals surface area contributed by atoms with Gasteiger partial charge >= 0.3 is 0 Å². The first-order valence-electron chi connectivity index (χ1n) is 8.78. The standard InChI is InChI=1S/C19H20N6O2/c1-24-9-8-21-18(24)16-12-20-7-10-25(16)19(27)14-4-2-3-13(11-14)15-5-6-17(26)23-22-15/h2-6,8-9,11,16,20H,7,10,12H2,1H3,(H,23,26). The van der Waals surface area contributed by atoms with Crippen molar-refractivity contribution in [1.82, 2.24) is 30.0 Å². The van der Waals surface area contributed by atoms with Gasteiger partial charge in [-0.3, -0.25) is 9.59 Å². The molecule has 1 amide bonds. The molecule has 1 atom stereocenters. The van der Waals surface area contributed by atoms with Crippen molar-refractivity contribution in [3.05, 3.63) is 70.5 Å². The van der Waals surface area contributed by atoms with Crippen LogP contribution in [-0.4, -0.2) is 50.2 Å². The summed E-state index contributed by atoms with van der Waals surface area (Å²) in [6, 6.07) is 10.2. The third kappa shape index (κ3) is 3.39. The molecular weight excluding hydrogens is 344 g/mol. The lowest BCUT2D eigenvalue weighted by molar-refractivity contribution is 0.0621. The Labute approximate surface area is 155 Å². The maximum atomic E-state index is 13.2. The van der Waals surface area contributed by atoms with Gasteiger partial charge < -0.3 is 14.8 Å². The van der Waals surface area contributed by atoms with Gasteiger partial charge in [0.15, 0.2) is 0 Å². The number of aromatic nitrogens is 4. The van der Waals surface area contributed by atoms with Crippen molar-refractivity contribution in [2.45, 2.75) is 6.04 Å². The van der Waals surface area contributed by atoms with Gasteiger partial charge in [0.05, 0.1) is 5.69 Å². The number of amides is 1. The predicted octanol–water partition coefficient (Wildman–Crippen LogP) is 0.957. The molecule has 0 spiro atoms. The maximum absolute atomic E-state index is 13.2. The number of rotatable bonds is 3. The van der Waals surface area contributed by atoms with E-state index in [9.17, 15) is 9.59 Å². The molecule has 1 aliphatic heterocycles. The fourth-order valence-electron chi connectivity index (χ4n) is 3.36. The molecule has 1 fully saturated rings. The van der Waals surface area contributed by atoms with Gasteiger partial charge in [0.25, 0.3) is 11.5 Å². The molecule has 0 radical (unpaired) electrons.